The fourth-order valence-electron chi connectivity index (χ4n) is 8.93. The smallest absolute Gasteiger partial charge is 0.160 e. The first kappa shape index (κ1) is 31.2. The summed E-state index contributed by atoms with van der Waals surface area (Å²) in [6, 6.07) is 67.5. The molecule has 0 bridgehead atoms. The topological polar surface area (TPSA) is 30.7 Å². The highest BCUT2D eigenvalue weighted by molar-refractivity contribution is 7.27. The largest absolute Gasteiger partial charge is 0.307 e. The summed E-state index contributed by atoms with van der Waals surface area (Å²) in [6.07, 6.45) is 0. The molecule has 3 nitrogen and oxygen atoms in total. The summed E-state index contributed by atoms with van der Waals surface area (Å²) in [4.78, 5) is 10.3. The predicted octanol–water partition coefficient (Wildman–Crippen LogP) is 14.4. The Bertz CT molecular complexity index is 3450. The van der Waals surface area contributed by atoms with Crippen LogP contribution in [-0.4, -0.2) is 14.5 Å². The van der Waals surface area contributed by atoms with Gasteiger partial charge in [-0.3, -0.25) is 0 Å². The van der Waals surface area contributed by atoms with Crippen molar-refractivity contribution in [2.75, 3.05) is 0 Å². The molecule has 0 saturated heterocycles. The molecule has 9 aromatic carbocycles. The number of hydrogen-bond donors (Lipinski definition) is 0. The van der Waals surface area contributed by atoms with Crippen LogP contribution in [0.4, 0.5) is 0 Å². The maximum Gasteiger partial charge on any atom is 0.160 e. The highest BCUT2D eigenvalue weighted by atomic mass is 32.1. The van der Waals surface area contributed by atoms with Crippen molar-refractivity contribution in [3.8, 4) is 39.6 Å². The van der Waals surface area contributed by atoms with Crippen molar-refractivity contribution < 1.29 is 0 Å². The monoisotopic (exact) mass is 729 g/mol. The Hall–Kier alpha value is -7.14. The summed E-state index contributed by atoms with van der Waals surface area (Å²) in [6.45, 7) is 0. The van der Waals surface area contributed by atoms with Gasteiger partial charge in [-0.1, -0.05) is 152 Å². The molecule has 260 valence electrons. The van der Waals surface area contributed by atoms with Crippen molar-refractivity contribution in [2.24, 2.45) is 0 Å². The molecule has 56 heavy (non-hydrogen) atoms. The lowest BCUT2D eigenvalue weighted by Gasteiger charge is -2.13. The van der Waals surface area contributed by atoms with E-state index in [1.807, 2.05) is 23.5 Å². The van der Waals surface area contributed by atoms with E-state index >= 15 is 0 Å². The Labute approximate surface area is 326 Å². The van der Waals surface area contributed by atoms with E-state index in [0.717, 1.165) is 33.8 Å². The minimum absolute atomic E-state index is 0.702. The minimum Gasteiger partial charge on any atom is -0.307 e. The molecule has 0 aliphatic carbocycles. The standard InChI is InChI=1S/C52H31N3S/c1-3-15-32(16-4-1)43-31-44(33-17-5-2-6-18-33)54-52(53-43)34-27-29-35(30-28-34)55-49-41-24-12-8-20-37(41)36-19-7-9-21-38(36)47(49)48-40-23-11-10-22-39(40)46-42-25-13-14-26-45(42)56-51(46)50(48)55/h1-31H. The second kappa shape index (κ2) is 12.2. The van der Waals surface area contributed by atoms with Gasteiger partial charge in [0.2, 0.25) is 0 Å². The zero-order chi connectivity index (χ0) is 36.7. The Kier molecular flexibility index (Phi) is 6.80. The average Bonchev–Trinajstić information content (AvgIpc) is 3.85. The van der Waals surface area contributed by atoms with Crippen molar-refractivity contribution in [3.63, 3.8) is 0 Å². The van der Waals surface area contributed by atoms with Crippen LogP contribution in [0.15, 0.2) is 188 Å². The summed E-state index contributed by atoms with van der Waals surface area (Å²) < 4.78 is 5.15. The first-order valence-corrected chi connectivity index (χ1v) is 19.8. The zero-order valence-electron chi connectivity index (χ0n) is 30.1. The second-order valence-corrected chi connectivity index (χ2v) is 15.5. The quantitative estimate of drug-likeness (QED) is 0.169. The SMILES string of the molecule is c1ccc(-c2cc(-c3ccccc3)nc(-c3ccc(-n4c5c6ccccc6c6ccccc6c5c5c6ccccc6c6c7ccccc7sc6c54)cc3)n2)cc1. The predicted molar refractivity (Wildman–Crippen MR) is 238 cm³/mol. The van der Waals surface area contributed by atoms with Gasteiger partial charge in [-0.25, -0.2) is 9.97 Å². The third kappa shape index (κ3) is 4.57. The molecule has 0 spiro atoms. The van der Waals surface area contributed by atoms with Crippen molar-refractivity contribution in [1.29, 1.82) is 0 Å². The molecular weight excluding hydrogens is 699 g/mol. The van der Waals surface area contributed by atoms with Gasteiger partial charge in [-0.15, -0.1) is 11.3 Å². The summed E-state index contributed by atoms with van der Waals surface area (Å²) in [5, 5.41) is 12.8. The maximum atomic E-state index is 5.15. The van der Waals surface area contributed by atoms with Crippen molar-refractivity contribution in [3.05, 3.63) is 188 Å². The first-order valence-electron chi connectivity index (χ1n) is 19.0. The molecule has 12 rings (SSSR count). The van der Waals surface area contributed by atoms with Gasteiger partial charge in [0.1, 0.15) is 0 Å². The first-order chi connectivity index (χ1) is 27.8. The molecular formula is C52H31N3S. The second-order valence-electron chi connectivity index (χ2n) is 14.5. The molecule has 4 heteroatoms. The average molecular weight is 730 g/mol. The van der Waals surface area contributed by atoms with Gasteiger partial charge in [-0.2, -0.15) is 0 Å². The third-order valence-electron chi connectivity index (χ3n) is 11.4. The molecule has 0 N–H and O–H groups in total. The Morgan fingerprint density at radius 3 is 1.45 bits per heavy atom. The highest BCUT2D eigenvalue weighted by Gasteiger charge is 2.25. The lowest BCUT2D eigenvalue weighted by Crippen LogP contribution is -1.98. The molecule has 3 heterocycles. The molecule has 0 aliphatic rings. The molecule has 0 atom stereocenters. The number of hydrogen-bond acceptors (Lipinski definition) is 3. The Balaban J connectivity index is 1.19. The van der Waals surface area contributed by atoms with Gasteiger partial charge >= 0.3 is 0 Å². The van der Waals surface area contributed by atoms with Gasteiger partial charge in [0.05, 0.1) is 27.1 Å². The highest BCUT2D eigenvalue weighted by Crippen LogP contribution is 2.51. The van der Waals surface area contributed by atoms with Crippen LogP contribution in [0.5, 0.6) is 0 Å². The van der Waals surface area contributed by atoms with Crippen LogP contribution in [0.2, 0.25) is 0 Å². The number of rotatable bonds is 4. The summed E-state index contributed by atoms with van der Waals surface area (Å²) in [5.41, 5.74) is 8.48. The normalized spacial score (nSPS) is 11.9. The molecule has 0 radical (unpaired) electrons. The van der Waals surface area contributed by atoms with E-state index in [9.17, 15) is 0 Å². The van der Waals surface area contributed by atoms with E-state index in [1.165, 1.54) is 74.3 Å². The van der Waals surface area contributed by atoms with Crippen LogP contribution in [0, 0.1) is 0 Å². The van der Waals surface area contributed by atoms with Crippen molar-refractivity contribution in [1.82, 2.24) is 14.5 Å². The van der Waals surface area contributed by atoms with Crippen LogP contribution in [-0.2, 0) is 0 Å². The zero-order valence-corrected chi connectivity index (χ0v) is 31.0. The van der Waals surface area contributed by atoms with Crippen LogP contribution in [0.25, 0.3) is 114 Å². The van der Waals surface area contributed by atoms with Gasteiger partial charge < -0.3 is 4.57 Å². The van der Waals surface area contributed by atoms with E-state index in [4.69, 9.17) is 9.97 Å². The summed E-state index contributed by atoms with van der Waals surface area (Å²) in [7, 11) is 0. The molecule has 12 aromatic rings. The van der Waals surface area contributed by atoms with Crippen LogP contribution in [0.3, 0.4) is 0 Å². The lowest BCUT2D eigenvalue weighted by molar-refractivity contribution is 1.17. The van der Waals surface area contributed by atoms with E-state index in [2.05, 4.69) is 180 Å². The van der Waals surface area contributed by atoms with E-state index in [1.54, 1.807) is 0 Å². The third-order valence-corrected chi connectivity index (χ3v) is 12.5. The maximum absolute atomic E-state index is 5.15. The van der Waals surface area contributed by atoms with Gasteiger partial charge in [0.15, 0.2) is 5.82 Å². The van der Waals surface area contributed by atoms with Crippen LogP contribution >= 0.6 is 11.3 Å². The number of thiophene rings is 1. The van der Waals surface area contributed by atoms with Gasteiger partial charge in [0, 0.05) is 54.0 Å². The number of nitrogens with zero attached hydrogens (tertiary/aromatic N) is 3. The van der Waals surface area contributed by atoms with Crippen molar-refractivity contribution in [2.45, 2.75) is 0 Å². The number of aromatic nitrogens is 3. The lowest BCUT2D eigenvalue weighted by atomic mass is 9.94. The van der Waals surface area contributed by atoms with Crippen LogP contribution in [0.1, 0.15) is 0 Å². The van der Waals surface area contributed by atoms with Gasteiger partial charge in [0.25, 0.3) is 0 Å². The minimum atomic E-state index is 0.702. The van der Waals surface area contributed by atoms with E-state index in [0.29, 0.717) is 5.82 Å². The molecule has 0 fully saturated rings. The van der Waals surface area contributed by atoms with Crippen LogP contribution < -0.4 is 0 Å². The van der Waals surface area contributed by atoms with Crippen molar-refractivity contribution >= 4 is 85.6 Å². The molecule has 3 aromatic heterocycles. The summed E-state index contributed by atoms with van der Waals surface area (Å²) >= 11 is 1.90. The summed E-state index contributed by atoms with van der Waals surface area (Å²) in [5.74, 6) is 0.702. The fourth-order valence-corrected chi connectivity index (χ4v) is 10.2. The molecule has 0 aliphatic heterocycles. The Morgan fingerprint density at radius 1 is 0.357 bits per heavy atom. The van der Waals surface area contributed by atoms with Gasteiger partial charge in [-0.05, 0) is 63.3 Å². The number of fused-ring (bicyclic) bond motifs is 15. The number of benzene rings is 9. The molecule has 0 amide bonds. The Morgan fingerprint density at radius 2 is 0.821 bits per heavy atom. The van der Waals surface area contributed by atoms with E-state index < -0.39 is 0 Å². The molecule has 0 unspecified atom stereocenters. The molecule has 0 saturated carbocycles. The van der Waals surface area contributed by atoms with E-state index in [-0.39, 0.29) is 0 Å². The fraction of sp³-hybridized carbons (Fsp3) is 0.